The molecule has 2 heterocycles. The van der Waals surface area contributed by atoms with Crippen molar-refractivity contribution in [1.82, 2.24) is 9.55 Å². The minimum atomic E-state index is -4.47. The van der Waals surface area contributed by atoms with Gasteiger partial charge in [0.1, 0.15) is 5.82 Å². The van der Waals surface area contributed by atoms with Gasteiger partial charge in [0.2, 0.25) is 0 Å². The SMILES string of the molecule is CCCCc1ncc(/C=C(/Cc2cccs2)C(=O)O)n1Cc1ccccc1C(F)(F)F. The molecule has 0 unspecified atom stereocenters. The van der Waals surface area contributed by atoms with Crippen LogP contribution in [0.3, 0.4) is 0 Å². The monoisotopic (exact) mass is 448 g/mol. The first kappa shape index (κ1) is 22.8. The number of alkyl halides is 3. The Labute approximate surface area is 182 Å². The Hall–Kier alpha value is -2.87. The van der Waals surface area contributed by atoms with Crippen molar-refractivity contribution >= 4 is 23.4 Å². The second-order valence-corrected chi connectivity index (χ2v) is 8.21. The molecule has 0 bridgehead atoms. The van der Waals surface area contributed by atoms with Crippen LogP contribution >= 0.6 is 11.3 Å². The molecule has 3 rings (SSSR count). The smallest absolute Gasteiger partial charge is 0.416 e. The molecule has 0 spiro atoms. The third kappa shape index (κ3) is 5.85. The van der Waals surface area contributed by atoms with Crippen molar-refractivity contribution in [2.75, 3.05) is 0 Å². The highest BCUT2D eigenvalue weighted by Crippen LogP contribution is 2.32. The molecule has 0 aliphatic rings. The van der Waals surface area contributed by atoms with E-state index in [9.17, 15) is 23.1 Å². The van der Waals surface area contributed by atoms with E-state index < -0.39 is 17.7 Å². The van der Waals surface area contributed by atoms with Crippen LogP contribution in [0, 0.1) is 0 Å². The molecule has 4 nitrogen and oxygen atoms in total. The van der Waals surface area contributed by atoms with Gasteiger partial charge in [-0.05, 0) is 35.6 Å². The molecule has 8 heteroatoms. The third-order valence-electron chi connectivity index (χ3n) is 4.92. The van der Waals surface area contributed by atoms with E-state index in [1.54, 1.807) is 16.8 Å². The Bertz CT molecular complexity index is 1050. The summed E-state index contributed by atoms with van der Waals surface area (Å²) >= 11 is 1.46. The fraction of sp³-hybridized carbons (Fsp3) is 0.304. The van der Waals surface area contributed by atoms with E-state index in [1.165, 1.54) is 29.5 Å². The second-order valence-electron chi connectivity index (χ2n) is 7.17. The normalized spacial score (nSPS) is 12.3. The number of aromatic nitrogens is 2. The number of carbonyl (C=O) groups is 1. The van der Waals surface area contributed by atoms with Gasteiger partial charge in [-0.25, -0.2) is 9.78 Å². The predicted molar refractivity (Wildman–Crippen MR) is 115 cm³/mol. The van der Waals surface area contributed by atoms with Gasteiger partial charge in [0.15, 0.2) is 0 Å². The summed E-state index contributed by atoms with van der Waals surface area (Å²) in [4.78, 5) is 17.1. The summed E-state index contributed by atoms with van der Waals surface area (Å²) in [6.45, 7) is 1.99. The topological polar surface area (TPSA) is 55.1 Å². The molecular formula is C23H23F3N2O2S. The third-order valence-corrected chi connectivity index (χ3v) is 5.79. The molecule has 164 valence electrons. The maximum absolute atomic E-state index is 13.5. The molecule has 0 aliphatic carbocycles. The van der Waals surface area contributed by atoms with Crippen LogP contribution in [-0.2, 0) is 30.4 Å². The van der Waals surface area contributed by atoms with E-state index >= 15 is 0 Å². The summed E-state index contributed by atoms with van der Waals surface area (Å²) in [5.41, 5.74) is 0.0689. The Morgan fingerprint density at radius 1 is 1.23 bits per heavy atom. The van der Waals surface area contributed by atoms with Gasteiger partial charge in [-0.1, -0.05) is 37.6 Å². The van der Waals surface area contributed by atoms with Crippen molar-refractivity contribution < 1.29 is 23.1 Å². The van der Waals surface area contributed by atoms with Crippen molar-refractivity contribution in [3.8, 4) is 0 Å². The summed E-state index contributed by atoms with van der Waals surface area (Å²) < 4.78 is 42.2. The fourth-order valence-corrected chi connectivity index (χ4v) is 4.06. The van der Waals surface area contributed by atoms with Gasteiger partial charge >= 0.3 is 12.1 Å². The van der Waals surface area contributed by atoms with E-state index in [4.69, 9.17) is 0 Å². The van der Waals surface area contributed by atoms with Crippen molar-refractivity contribution in [3.05, 3.63) is 81.1 Å². The molecule has 0 fully saturated rings. The first-order chi connectivity index (χ1) is 14.8. The Balaban J connectivity index is 2.03. The van der Waals surface area contributed by atoms with Gasteiger partial charge in [-0.15, -0.1) is 11.3 Å². The lowest BCUT2D eigenvalue weighted by atomic mass is 10.1. The van der Waals surface area contributed by atoms with E-state index in [0.29, 0.717) is 17.9 Å². The molecule has 2 aromatic heterocycles. The molecule has 1 aromatic carbocycles. The number of rotatable bonds is 9. The summed E-state index contributed by atoms with van der Waals surface area (Å²) in [6.07, 6.45) is 1.17. The lowest BCUT2D eigenvalue weighted by Gasteiger charge is -2.16. The molecule has 0 atom stereocenters. The maximum Gasteiger partial charge on any atom is 0.416 e. The number of hydrogen-bond donors (Lipinski definition) is 1. The number of unbranched alkanes of at least 4 members (excludes halogenated alkanes) is 1. The van der Waals surface area contributed by atoms with Crippen LogP contribution in [0.25, 0.3) is 6.08 Å². The van der Waals surface area contributed by atoms with Crippen LogP contribution in [0.1, 0.15) is 47.3 Å². The van der Waals surface area contributed by atoms with Gasteiger partial charge < -0.3 is 9.67 Å². The molecule has 3 aromatic rings. The van der Waals surface area contributed by atoms with Crippen molar-refractivity contribution in [2.24, 2.45) is 0 Å². The van der Waals surface area contributed by atoms with Crippen LogP contribution in [0.2, 0.25) is 0 Å². The maximum atomic E-state index is 13.5. The Morgan fingerprint density at radius 2 is 2.00 bits per heavy atom. The molecule has 0 aliphatic heterocycles. The number of nitrogens with zero attached hydrogens (tertiary/aromatic N) is 2. The minimum absolute atomic E-state index is 0.0353. The van der Waals surface area contributed by atoms with E-state index in [0.717, 1.165) is 23.8 Å². The molecule has 0 saturated carbocycles. The predicted octanol–water partition coefficient (Wildman–Crippen LogP) is 6.07. The number of carboxylic acid groups (broad SMARTS) is 1. The molecular weight excluding hydrogens is 425 g/mol. The number of imidazole rings is 1. The summed E-state index contributed by atoms with van der Waals surface area (Å²) in [5, 5.41) is 11.5. The minimum Gasteiger partial charge on any atom is -0.478 e. The summed E-state index contributed by atoms with van der Waals surface area (Å²) in [5.74, 6) is -0.419. The van der Waals surface area contributed by atoms with Crippen LogP contribution in [0.4, 0.5) is 13.2 Å². The van der Waals surface area contributed by atoms with Crippen LogP contribution < -0.4 is 0 Å². The highest BCUT2D eigenvalue weighted by atomic mass is 32.1. The quantitative estimate of drug-likeness (QED) is 0.405. The Kier molecular flexibility index (Phi) is 7.33. The highest BCUT2D eigenvalue weighted by Gasteiger charge is 2.33. The number of benzene rings is 1. The Morgan fingerprint density at radius 3 is 2.65 bits per heavy atom. The number of aliphatic carboxylic acids is 1. The number of hydrogen-bond acceptors (Lipinski definition) is 3. The van der Waals surface area contributed by atoms with Crippen LogP contribution in [0.5, 0.6) is 0 Å². The zero-order valence-corrected chi connectivity index (χ0v) is 17.8. The fourth-order valence-electron chi connectivity index (χ4n) is 3.33. The van der Waals surface area contributed by atoms with Gasteiger partial charge in [0, 0.05) is 29.8 Å². The number of aryl methyl sites for hydroxylation is 1. The molecule has 31 heavy (non-hydrogen) atoms. The van der Waals surface area contributed by atoms with E-state index in [-0.39, 0.29) is 24.1 Å². The van der Waals surface area contributed by atoms with Crippen molar-refractivity contribution in [2.45, 2.75) is 45.3 Å². The molecule has 0 amide bonds. The average molecular weight is 449 g/mol. The second kappa shape index (κ2) is 9.96. The molecule has 1 N–H and O–H groups in total. The number of thiophene rings is 1. The molecule has 0 saturated heterocycles. The largest absolute Gasteiger partial charge is 0.478 e. The van der Waals surface area contributed by atoms with Gasteiger partial charge in [-0.3, -0.25) is 0 Å². The van der Waals surface area contributed by atoms with Crippen LogP contribution in [0.15, 0.2) is 53.5 Å². The first-order valence-electron chi connectivity index (χ1n) is 9.95. The lowest BCUT2D eigenvalue weighted by Crippen LogP contribution is -2.14. The van der Waals surface area contributed by atoms with Gasteiger partial charge in [-0.2, -0.15) is 13.2 Å². The zero-order chi connectivity index (χ0) is 22.4. The van der Waals surface area contributed by atoms with Crippen molar-refractivity contribution in [3.63, 3.8) is 0 Å². The van der Waals surface area contributed by atoms with Gasteiger partial charge in [0.05, 0.1) is 17.5 Å². The molecule has 0 radical (unpaired) electrons. The average Bonchev–Trinajstić information content (AvgIpc) is 3.36. The highest BCUT2D eigenvalue weighted by molar-refractivity contribution is 7.09. The lowest BCUT2D eigenvalue weighted by molar-refractivity contribution is -0.138. The summed E-state index contributed by atoms with van der Waals surface area (Å²) in [6, 6.07) is 9.15. The number of halogens is 3. The van der Waals surface area contributed by atoms with E-state index in [2.05, 4.69) is 4.98 Å². The first-order valence-corrected chi connectivity index (χ1v) is 10.8. The van der Waals surface area contributed by atoms with Crippen LogP contribution in [-0.4, -0.2) is 20.6 Å². The standard InChI is InChI=1S/C23H23F3N2O2S/c1-2-3-10-21-27-14-18(12-17(22(29)30)13-19-8-6-11-31-19)28(21)15-16-7-4-5-9-20(16)23(24,25)26/h4-9,11-12,14H,2-3,10,13,15H2,1H3,(H,29,30)/b17-12-. The van der Waals surface area contributed by atoms with Gasteiger partial charge in [0.25, 0.3) is 0 Å². The number of carboxylic acids is 1. The van der Waals surface area contributed by atoms with Crippen molar-refractivity contribution in [1.29, 1.82) is 0 Å². The summed E-state index contributed by atoms with van der Waals surface area (Å²) in [7, 11) is 0. The van der Waals surface area contributed by atoms with E-state index in [1.807, 2.05) is 24.4 Å². The zero-order valence-electron chi connectivity index (χ0n) is 17.0.